The number of para-hydroxylation sites is 1. The quantitative estimate of drug-likeness (QED) is 0.794. The number of amides is 1. The molecule has 1 aliphatic rings. The summed E-state index contributed by atoms with van der Waals surface area (Å²) < 4.78 is 13.0. The van der Waals surface area contributed by atoms with Gasteiger partial charge in [-0.25, -0.2) is 0 Å². The zero-order chi connectivity index (χ0) is 16.1. The van der Waals surface area contributed by atoms with E-state index < -0.39 is 0 Å². The third-order valence-electron chi connectivity index (χ3n) is 4.06. The van der Waals surface area contributed by atoms with Gasteiger partial charge in [-0.1, -0.05) is 12.1 Å². The fourth-order valence-electron chi connectivity index (χ4n) is 2.81. The van der Waals surface area contributed by atoms with Crippen LogP contribution in [0, 0.1) is 0 Å². The molecule has 1 saturated heterocycles. The highest BCUT2D eigenvalue weighted by Crippen LogP contribution is 2.23. The molecule has 2 aromatic rings. The van der Waals surface area contributed by atoms with Gasteiger partial charge in [0.1, 0.15) is 0 Å². The van der Waals surface area contributed by atoms with Crippen LogP contribution >= 0.6 is 0 Å². The van der Waals surface area contributed by atoms with Crippen molar-refractivity contribution in [2.45, 2.75) is 31.8 Å². The summed E-state index contributed by atoms with van der Waals surface area (Å²) in [6.07, 6.45) is 3.44. The first-order valence-electron chi connectivity index (χ1n) is 8.17. The van der Waals surface area contributed by atoms with Crippen LogP contribution in [-0.2, 0) is 16.6 Å². The minimum absolute atomic E-state index is 0.0509. The summed E-state index contributed by atoms with van der Waals surface area (Å²) in [6.45, 7) is 1.91. The van der Waals surface area contributed by atoms with Gasteiger partial charge in [0.25, 0.3) is 0 Å². The SMILES string of the molecule is Cn1nc(OCCCC(=O)NCC2CCCO2)c2ccccc21. The lowest BCUT2D eigenvalue weighted by atomic mass is 10.2. The maximum Gasteiger partial charge on any atom is 0.240 e. The lowest BCUT2D eigenvalue weighted by Gasteiger charge is -2.10. The van der Waals surface area contributed by atoms with E-state index in [0.29, 0.717) is 31.9 Å². The molecule has 0 saturated carbocycles. The molecule has 1 aliphatic heterocycles. The van der Waals surface area contributed by atoms with Gasteiger partial charge in [0.15, 0.2) is 0 Å². The van der Waals surface area contributed by atoms with E-state index in [1.165, 1.54) is 0 Å². The van der Waals surface area contributed by atoms with Gasteiger partial charge in [-0.15, -0.1) is 5.10 Å². The summed E-state index contributed by atoms with van der Waals surface area (Å²) in [7, 11) is 1.90. The average molecular weight is 317 g/mol. The van der Waals surface area contributed by atoms with Crippen molar-refractivity contribution in [2.75, 3.05) is 19.8 Å². The summed E-state index contributed by atoms with van der Waals surface area (Å²) >= 11 is 0. The van der Waals surface area contributed by atoms with Crippen LogP contribution in [0.4, 0.5) is 0 Å². The van der Waals surface area contributed by atoms with Crippen LogP contribution in [0.25, 0.3) is 10.9 Å². The third-order valence-corrected chi connectivity index (χ3v) is 4.06. The Morgan fingerprint density at radius 3 is 3.17 bits per heavy atom. The molecule has 23 heavy (non-hydrogen) atoms. The molecular formula is C17H23N3O3. The molecule has 0 aliphatic carbocycles. The van der Waals surface area contributed by atoms with Crippen molar-refractivity contribution in [1.82, 2.24) is 15.1 Å². The second kappa shape index (κ2) is 7.46. The van der Waals surface area contributed by atoms with Crippen molar-refractivity contribution in [3.05, 3.63) is 24.3 Å². The smallest absolute Gasteiger partial charge is 0.240 e. The van der Waals surface area contributed by atoms with Crippen LogP contribution in [0.1, 0.15) is 25.7 Å². The highest BCUT2D eigenvalue weighted by atomic mass is 16.5. The number of ether oxygens (including phenoxy) is 2. The van der Waals surface area contributed by atoms with Gasteiger partial charge < -0.3 is 14.8 Å². The molecule has 0 spiro atoms. The predicted octanol–water partition coefficient (Wildman–Crippen LogP) is 2.03. The number of fused-ring (bicyclic) bond motifs is 1. The van der Waals surface area contributed by atoms with Crippen molar-refractivity contribution in [1.29, 1.82) is 0 Å². The number of hydrogen-bond acceptors (Lipinski definition) is 4. The van der Waals surface area contributed by atoms with Gasteiger partial charge >= 0.3 is 0 Å². The van der Waals surface area contributed by atoms with Crippen molar-refractivity contribution >= 4 is 16.8 Å². The first-order valence-corrected chi connectivity index (χ1v) is 8.17. The molecular weight excluding hydrogens is 294 g/mol. The van der Waals surface area contributed by atoms with Crippen LogP contribution in [0.15, 0.2) is 24.3 Å². The zero-order valence-electron chi connectivity index (χ0n) is 13.5. The lowest BCUT2D eigenvalue weighted by Crippen LogP contribution is -2.31. The largest absolute Gasteiger partial charge is 0.476 e. The molecule has 1 unspecified atom stereocenters. The Morgan fingerprint density at radius 2 is 2.35 bits per heavy atom. The van der Waals surface area contributed by atoms with E-state index >= 15 is 0 Å². The molecule has 1 aromatic carbocycles. The Balaban J connectivity index is 1.39. The fraction of sp³-hybridized carbons (Fsp3) is 0.529. The molecule has 1 atom stereocenters. The molecule has 1 amide bonds. The van der Waals surface area contributed by atoms with Crippen molar-refractivity contribution in [3.8, 4) is 5.88 Å². The highest BCUT2D eigenvalue weighted by Gasteiger charge is 2.16. The van der Waals surface area contributed by atoms with E-state index in [1.807, 2.05) is 31.3 Å². The number of carbonyl (C=O) groups excluding carboxylic acids is 1. The second-order valence-corrected chi connectivity index (χ2v) is 5.84. The lowest BCUT2D eigenvalue weighted by molar-refractivity contribution is -0.121. The number of hydrogen-bond donors (Lipinski definition) is 1. The van der Waals surface area contributed by atoms with Crippen LogP contribution < -0.4 is 10.1 Å². The summed E-state index contributed by atoms with van der Waals surface area (Å²) in [4.78, 5) is 11.8. The van der Waals surface area contributed by atoms with Gasteiger partial charge in [-0.05, 0) is 31.4 Å². The number of aromatic nitrogens is 2. The first-order chi connectivity index (χ1) is 11.2. The minimum atomic E-state index is 0.0509. The van der Waals surface area contributed by atoms with Crippen LogP contribution in [-0.4, -0.2) is 41.6 Å². The average Bonchev–Trinajstić information content (AvgIpc) is 3.19. The van der Waals surface area contributed by atoms with Crippen LogP contribution in [0.5, 0.6) is 5.88 Å². The number of aryl methyl sites for hydroxylation is 1. The normalized spacial score (nSPS) is 17.5. The Morgan fingerprint density at radius 1 is 1.48 bits per heavy atom. The molecule has 0 bridgehead atoms. The summed E-state index contributed by atoms with van der Waals surface area (Å²) in [5.41, 5.74) is 1.04. The van der Waals surface area contributed by atoms with E-state index in [2.05, 4.69) is 10.4 Å². The van der Waals surface area contributed by atoms with Gasteiger partial charge in [-0.2, -0.15) is 0 Å². The van der Waals surface area contributed by atoms with Crippen LogP contribution in [0.3, 0.4) is 0 Å². The Bertz CT molecular complexity index is 662. The first kappa shape index (κ1) is 15.8. The van der Waals surface area contributed by atoms with E-state index in [-0.39, 0.29) is 12.0 Å². The van der Waals surface area contributed by atoms with Gasteiger partial charge in [-0.3, -0.25) is 9.48 Å². The Kier molecular flexibility index (Phi) is 5.12. The zero-order valence-corrected chi connectivity index (χ0v) is 13.5. The third kappa shape index (κ3) is 4.01. The number of rotatable bonds is 7. The number of carbonyl (C=O) groups is 1. The summed E-state index contributed by atoms with van der Waals surface area (Å²) in [6, 6.07) is 7.95. The molecule has 3 rings (SSSR count). The van der Waals surface area contributed by atoms with Crippen molar-refractivity contribution in [3.63, 3.8) is 0 Å². The second-order valence-electron chi connectivity index (χ2n) is 5.84. The number of nitrogens with one attached hydrogen (secondary N) is 1. The molecule has 6 nitrogen and oxygen atoms in total. The fourth-order valence-corrected chi connectivity index (χ4v) is 2.81. The topological polar surface area (TPSA) is 65.4 Å². The molecule has 2 heterocycles. The maximum atomic E-state index is 11.8. The van der Waals surface area contributed by atoms with Gasteiger partial charge in [0.2, 0.25) is 11.8 Å². The molecule has 1 fully saturated rings. The van der Waals surface area contributed by atoms with E-state index in [1.54, 1.807) is 4.68 Å². The Hall–Kier alpha value is -2.08. The molecule has 1 N–H and O–H groups in total. The monoisotopic (exact) mass is 317 g/mol. The maximum absolute atomic E-state index is 11.8. The molecule has 1 aromatic heterocycles. The number of nitrogens with zero attached hydrogens (tertiary/aromatic N) is 2. The highest BCUT2D eigenvalue weighted by molar-refractivity contribution is 5.84. The standard InChI is InChI=1S/C17H23N3O3/c1-20-15-8-3-2-7-14(15)17(19-20)23-11-5-9-16(21)18-12-13-6-4-10-22-13/h2-3,7-8,13H,4-6,9-12H2,1H3,(H,18,21). The van der Waals surface area contributed by atoms with E-state index in [4.69, 9.17) is 9.47 Å². The van der Waals surface area contributed by atoms with E-state index in [9.17, 15) is 4.79 Å². The van der Waals surface area contributed by atoms with Gasteiger partial charge in [0, 0.05) is 26.6 Å². The number of benzene rings is 1. The molecule has 6 heteroatoms. The Labute approximate surface area is 135 Å². The van der Waals surface area contributed by atoms with Crippen molar-refractivity contribution in [2.24, 2.45) is 7.05 Å². The molecule has 124 valence electrons. The van der Waals surface area contributed by atoms with E-state index in [0.717, 1.165) is 30.4 Å². The predicted molar refractivity (Wildman–Crippen MR) is 87.4 cm³/mol. The van der Waals surface area contributed by atoms with Gasteiger partial charge in [0.05, 0.1) is 23.6 Å². The van der Waals surface area contributed by atoms with Crippen molar-refractivity contribution < 1.29 is 14.3 Å². The van der Waals surface area contributed by atoms with Crippen LogP contribution in [0.2, 0.25) is 0 Å². The summed E-state index contributed by atoms with van der Waals surface area (Å²) in [5.74, 6) is 0.679. The molecule has 0 radical (unpaired) electrons. The minimum Gasteiger partial charge on any atom is -0.476 e. The summed E-state index contributed by atoms with van der Waals surface area (Å²) in [5, 5.41) is 8.29.